The van der Waals surface area contributed by atoms with E-state index in [0.29, 0.717) is 54.8 Å². The highest BCUT2D eigenvalue weighted by atomic mass is 35.5. The number of benzene rings is 3. The number of carbonyl (C=O) groups is 2. The van der Waals surface area contributed by atoms with Crippen molar-refractivity contribution in [1.82, 2.24) is 4.90 Å². The zero-order chi connectivity index (χ0) is 29.5. The van der Waals surface area contributed by atoms with Gasteiger partial charge < -0.3 is 14.7 Å². The van der Waals surface area contributed by atoms with Gasteiger partial charge in [0.25, 0.3) is 0 Å². The second-order valence-electron chi connectivity index (χ2n) is 11.5. The molecule has 0 bridgehead atoms. The molecule has 1 saturated heterocycles. The fraction of sp³-hybridized carbons (Fsp3) is 0.412. The monoisotopic (exact) mass is 577 g/mol. The van der Waals surface area contributed by atoms with E-state index in [2.05, 4.69) is 0 Å². The summed E-state index contributed by atoms with van der Waals surface area (Å²) in [6.45, 7) is 3.98. The van der Waals surface area contributed by atoms with Crippen LogP contribution < -0.4 is 0 Å². The summed E-state index contributed by atoms with van der Waals surface area (Å²) in [6.07, 6.45) is 2.61. The highest BCUT2D eigenvalue weighted by Crippen LogP contribution is 2.41. The van der Waals surface area contributed by atoms with Gasteiger partial charge in [0.15, 0.2) is 0 Å². The summed E-state index contributed by atoms with van der Waals surface area (Å²) >= 11 is 6.11. The number of amides is 1. The first-order valence-corrected chi connectivity index (χ1v) is 14.8. The third-order valence-electron chi connectivity index (χ3n) is 8.60. The Labute approximate surface area is 249 Å². The molecule has 1 fully saturated rings. The van der Waals surface area contributed by atoms with Gasteiger partial charge in [0, 0.05) is 44.8 Å². The van der Waals surface area contributed by atoms with Gasteiger partial charge in [-0.25, -0.2) is 0 Å². The maximum absolute atomic E-state index is 14.2. The van der Waals surface area contributed by atoms with Crippen LogP contribution in [0.4, 0.5) is 0 Å². The molecule has 0 saturated carbocycles. The number of likely N-dealkylation sites (tertiary alicyclic amines) is 1. The van der Waals surface area contributed by atoms with Gasteiger partial charge in [0.1, 0.15) is 11.0 Å². The molecule has 1 heterocycles. The topological polar surface area (TPSA) is 66.8 Å². The largest absolute Gasteiger partial charge is 0.415 e. The summed E-state index contributed by atoms with van der Waals surface area (Å²) in [4.78, 5) is 28.4. The Bertz CT molecular complexity index is 1250. The lowest BCUT2D eigenvalue weighted by atomic mass is 9.70. The fourth-order valence-electron chi connectivity index (χ4n) is 6.07. The Morgan fingerprint density at radius 3 is 1.95 bits per heavy atom. The SMILES string of the molecule is CCCC(=O)OC[N+]1(CCC(C(=O)N(C)C)(c2ccccc2)c2ccccc2)CCC(O)(c2ccc(Cl)cc2)CC1. The van der Waals surface area contributed by atoms with E-state index in [-0.39, 0.29) is 18.6 Å². The molecule has 0 aromatic heterocycles. The first-order valence-electron chi connectivity index (χ1n) is 14.5. The molecule has 0 atom stereocenters. The van der Waals surface area contributed by atoms with Crippen molar-refractivity contribution in [3.8, 4) is 0 Å². The average Bonchev–Trinajstić information content (AvgIpc) is 2.99. The lowest BCUT2D eigenvalue weighted by Crippen LogP contribution is -2.60. The van der Waals surface area contributed by atoms with Gasteiger partial charge in [-0.15, -0.1) is 0 Å². The highest BCUT2D eigenvalue weighted by molar-refractivity contribution is 6.30. The summed E-state index contributed by atoms with van der Waals surface area (Å²) in [5, 5.41) is 12.3. The highest BCUT2D eigenvalue weighted by Gasteiger charge is 2.48. The number of aliphatic hydroxyl groups is 1. The number of likely N-dealkylation sites (N-methyl/N-ethyl adjacent to an activating group) is 1. The number of halogens is 1. The van der Waals surface area contributed by atoms with E-state index in [4.69, 9.17) is 16.3 Å². The number of ether oxygens (including phenoxy) is 1. The van der Waals surface area contributed by atoms with Crippen molar-refractivity contribution >= 4 is 23.5 Å². The summed E-state index contributed by atoms with van der Waals surface area (Å²) in [5.74, 6) is -0.212. The third kappa shape index (κ3) is 6.83. The molecule has 41 heavy (non-hydrogen) atoms. The Kier molecular flexibility index (Phi) is 9.90. The number of piperidine rings is 1. The van der Waals surface area contributed by atoms with E-state index < -0.39 is 11.0 Å². The zero-order valence-corrected chi connectivity index (χ0v) is 25.1. The predicted molar refractivity (Wildman–Crippen MR) is 162 cm³/mol. The minimum atomic E-state index is -0.991. The van der Waals surface area contributed by atoms with E-state index in [9.17, 15) is 14.7 Å². The van der Waals surface area contributed by atoms with Crippen LogP contribution in [-0.4, -0.2) is 66.8 Å². The number of rotatable bonds is 11. The number of carbonyl (C=O) groups excluding carboxylic acids is 2. The van der Waals surface area contributed by atoms with Crippen LogP contribution in [0.2, 0.25) is 5.02 Å². The lowest BCUT2D eigenvalue weighted by molar-refractivity contribution is -0.950. The molecule has 0 unspecified atom stereocenters. The molecule has 1 N–H and O–H groups in total. The van der Waals surface area contributed by atoms with Gasteiger partial charge in [-0.3, -0.25) is 14.1 Å². The number of hydrogen-bond donors (Lipinski definition) is 1. The number of quaternary nitrogens is 1. The second kappa shape index (κ2) is 13.2. The Hall–Kier alpha value is -3.19. The fourth-order valence-corrected chi connectivity index (χ4v) is 6.20. The van der Waals surface area contributed by atoms with Crippen molar-refractivity contribution in [1.29, 1.82) is 0 Å². The van der Waals surface area contributed by atoms with Crippen LogP contribution in [-0.2, 0) is 25.3 Å². The first kappa shape index (κ1) is 30.8. The van der Waals surface area contributed by atoms with Gasteiger partial charge in [-0.05, 0) is 35.2 Å². The molecule has 0 aliphatic carbocycles. The number of hydrogen-bond acceptors (Lipinski definition) is 4. The Balaban J connectivity index is 1.70. The standard InChI is InChI=1S/C34H42ClN2O4/c1-4-11-31(38)41-26-37(23-20-33(40,21-24-37)27-16-18-30(35)19-17-27)25-22-34(32(39)36(2)3,28-12-7-5-8-13-28)29-14-9-6-10-15-29/h5-10,12-19,40H,4,11,20-26H2,1-3H3/q+1. The van der Waals surface area contributed by atoms with Gasteiger partial charge in [-0.2, -0.15) is 0 Å². The minimum Gasteiger partial charge on any atom is -0.415 e. The molecule has 0 spiro atoms. The maximum Gasteiger partial charge on any atom is 0.310 e. The van der Waals surface area contributed by atoms with Crippen molar-refractivity contribution in [2.24, 2.45) is 0 Å². The number of esters is 1. The van der Waals surface area contributed by atoms with Gasteiger partial charge in [0.2, 0.25) is 12.6 Å². The quantitative estimate of drug-likeness (QED) is 0.227. The normalized spacial score (nSPS) is 20.8. The molecule has 6 nitrogen and oxygen atoms in total. The molecule has 4 rings (SSSR count). The molecular formula is C34H42ClN2O4+. The van der Waals surface area contributed by atoms with Gasteiger partial charge in [-0.1, -0.05) is 91.3 Å². The van der Waals surface area contributed by atoms with Crippen molar-refractivity contribution in [3.05, 3.63) is 107 Å². The summed E-state index contributed by atoms with van der Waals surface area (Å²) < 4.78 is 6.32. The summed E-state index contributed by atoms with van der Waals surface area (Å²) in [5.41, 5.74) is 0.791. The molecule has 3 aromatic rings. The van der Waals surface area contributed by atoms with Crippen LogP contribution in [0.5, 0.6) is 0 Å². The molecule has 218 valence electrons. The summed E-state index contributed by atoms with van der Waals surface area (Å²) in [6, 6.07) is 27.3. The van der Waals surface area contributed by atoms with Crippen LogP contribution in [0.3, 0.4) is 0 Å². The number of nitrogens with zero attached hydrogens (tertiary/aromatic N) is 2. The van der Waals surface area contributed by atoms with Crippen molar-refractivity contribution in [2.75, 3.05) is 40.5 Å². The van der Waals surface area contributed by atoms with Crippen LogP contribution in [0, 0.1) is 0 Å². The average molecular weight is 578 g/mol. The van der Waals surface area contributed by atoms with E-state index in [0.717, 1.165) is 23.1 Å². The minimum absolute atomic E-state index is 0.00528. The van der Waals surface area contributed by atoms with Crippen LogP contribution in [0.25, 0.3) is 0 Å². The Morgan fingerprint density at radius 1 is 0.927 bits per heavy atom. The predicted octanol–water partition coefficient (Wildman–Crippen LogP) is 5.90. The second-order valence-corrected chi connectivity index (χ2v) is 12.0. The Morgan fingerprint density at radius 2 is 1.46 bits per heavy atom. The molecule has 1 amide bonds. The summed E-state index contributed by atoms with van der Waals surface area (Å²) in [7, 11) is 3.60. The van der Waals surface area contributed by atoms with Gasteiger partial charge in [0.05, 0.1) is 19.6 Å². The van der Waals surface area contributed by atoms with E-state index in [1.807, 2.05) is 79.7 Å². The molecule has 1 aliphatic rings. The van der Waals surface area contributed by atoms with Crippen molar-refractivity contribution < 1.29 is 23.9 Å². The first-order chi connectivity index (χ1) is 19.6. The molecule has 1 aliphatic heterocycles. The van der Waals surface area contributed by atoms with Crippen LogP contribution in [0.15, 0.2) is 84.9 Å². The zero-order valence-electron chi connectivity index (χ0n) is 24.4. The molecular weight excluding hydrogens is 536 g/mol. The molecule has 7 heteroatoms. The van der Waals surface area contributed by atoms with E-state index >= 15 is 0 Å². The van der Waals surface area contributed by atoms with E-state index in [1.54, 1.807) is 31.1 Å². The van der Waals surface area contributed by atoms with Crippen LogP contribution >= 0.6 is 11.6 Å². The van der Waals surface area contributed by atoms with Crippen LogP contribution in [0.1, 0.15) is 55.7 Å². The smallest absolute Gasteiger partial charge is 0.310 e. The van der Waals surface area contributed by atoms with E-state index in [1.165, 1.54) is 0 Å². The molecule has 0 radical (unpaired) electrons. The van der Waals surface area contributed by atoms with Gasteiger partial charge >= 0.3 is 5.97 Å². The van der Waals surface area contributed by atoms with Crippen molar-refractivity contribution in [3.63, 3.8) is 0 Å². The molecule has 3 aromatic carbocycles. The third-order valence-corrected chi connectivity index (χ3v) is 8.85. The lowest BCUT2D eigenvalue weighted by Gasteiger charge is -2.47. The van der Waals surface area contributed by atoms with Crippen molar-refractivity contribution in [2.45, 2.75) is 50.0 Å². The maximum atomic E-state index is 14.2.